The highest BCUT2D eigenvalue weighted by molar-refractivity contribution is 5.87. The number of amides is 1. The highest BCUT2D eigenvalue weighted by Gasteiger charge is 2.62. The average molecular weight is 305 g/mol. The Labute approximate surface area is 127 Å². The molecule has 1 amide bonds. The van der Waals surface area contributed by atoms with Crippen molar-refractivity contribution >= 4 is 5.91 Å². The molecule has 0 bridgehead atoms. The van der Waals surface area contributed by atoms with E-state index in [0.29, 0.717) is 12.0 Å². The van der Waals surface area contributed by atoms with E-state index in [4.69, 9.17) is 5.26 Å². The number of fused-ring (bicyclic) bond motifs is 1. The lowest BCUT2D eigenvalue weighted by atomic mass is 9.80. The topological polar surface area (TPSA) is 57.0 Å². The number of halogens is 2. The van der Waals surface area contributed by atoms with Gasteiger partial charge in [-0.15, -0.1) is 0 Å². The van der Waals surface area contributed by atoms with Crippen LogP contribution in [-0.2, 0) is 4.79 Å². The number of hydrogen-bond donors (Lipinski definition) is 0. The fraction of sp³-hybridized carbons (Fsp3) is 0.562. The van der Waals surface area contributed by atoms with E-state index >= 15 is 0 Å². The van der Waals surface area contributed by atoms with Gasteiger partial charge in [0.15, 0.2) is 0 Å². The molecule has 3 atom stereocenters. The maximum absolute atomic E-state index is 13.9. The largest absolute Gasteiger partial charge is 0.332 e. The third-order valence-corrected chi connectivity index (χ3v) is 5.10. The fourth-order valence-electron chi connectivity index (χ4n) is 3.63. The molecule has 0 unspecified atom stereocenters. The summed E-state index contributed by atoms with van der Waals surface area (Å²) < 4.78 is 27.8. The smallest absolute Gasteiger partial charge is 0.259 e. The second-order valence-electron chi connectivity index (χ2n) is 6.50. The first kappa shape index (κ1) is 14.9. The van der Waals surface area contributed by atoms with E-state index < -0.39 is 17.2 Å². The van der Waals surface area contributed by atoms with E-state index in [9.17, 15) is 13.6 Å². The molecule has 22 heavy (non-hydrogen) atoms. The SMILES string of the molecule is CC(F)(F)[C@@]1(C)C[C@H]2CC[C@H](c3cncc(C#N)c3)N2C1=O. The quantitative estimate of drug-likeness (QED) is 0.844. The molecule has 2 fully saturated rings. The number of alkyl halides is 2. The number of hydrogen-bond acceptors (Lipinski definition) is 3. The van der Waals surface area contributed by atoms with Crippen LogP contribution >= 0.6 is 0 Å². The van der Waals surface area contributed by atoms with E-state index in [2.05, 4.69) is 4.98 Å². The molecule has 2 aliphatic heterocycles. The van der Waals surface area contributed by atoms with Crippen LogP contribution in [0, 0.1) is 16.7 Å². The van der Waals surface area contributed by atoms with E-state index in [1.807, 2.05) is 6.07 Å². The van der Waals surface area contributed by atoms with Gasteiger partial charge >= 0.3 is 0 Å². The summed E-state index contributed by atoms with van der Waals surface area (Å²) in [5, 5.41) is 8.96. The Hall–Kier alpha value is -2.03. The molecule has 6 heteroatoms. The number of aromatic nitrogens is 1. The Morgan fingerprint density at radius 3 is 2.82 bits per heavy atom. The van der Waals surface area contributed by atoms with Gasteiger partial charge in [0.2, 0.25) is 5.91 Å². The number of carbonyl (C=O) groups excluding carboxylic acids is 1. The summed E-state index contributed by atoms with van der Waals surface area (Å²) in [5.74, 6) is -3.54. The minimum Gasteiger partial charge on any atom is -0.332 e. The van der Waals surface area contributed by atoms with E-state index in [-0.39, 0.29) is 18.5 Å². The molecule has 0 aromatic carbocycles. The van der Waals surface area contributed by atoms with Crippen molar-refractivity contribution < 1.29 is 13.6 Å². The zero-order chi connectivity index (χ0) is 16.1. The van der Waals surface area contributed by atoms with Crippen LogP contribution in [0.15, 0.2) is 18.5 Å². The Bertz CT molecular complexity index is 664. The van der Waals surface area contributed by atoms with Crippen molar-refractivity contribution in [1.29, 1.82) is 5.26 Å². The normalized spacial score (nSPS) is 31.2. The van der Waals surface area contributed by atoms with Crippen molar-refractivity contribution in [3.63, 3.8) is 0 Å². The number of nitrogens with zero attached hydrogens (tertiary/aromatic N) is 3. The summed E-state index contributed by atoms with van der Waals surface area (Å²) in [6, 6.07) is 3.29. The summed E-state index contributed by atoms with van der Waals surface area (Å²) in [6.45, 7) is 2.18. The van der Waals surface area contributed by atoms with Crippen LogP contribution in [0.4, 0.5) is 8.78 Å². The third kappa shape index (κ3) is 1.99. The summed E-state index contributed by atoms with van der Waals surface area (Å²) in [7, 11) is 0. The monoisotopic (exact) mass is 305 g/mol. The van der Waals surface area contributed by atoms with Gasteiger partial charge in [0.05, 0.1) is 11.6 Å². The maximum Gasteiger partial charge on any atom is 0.259 e. The predicted molar refractivity (Wildman–Crippen MR) is 74.9 cm³/mol. The van der Waals surface area contributed by atoms with Crippen molar-refractivity contribution in [1.82, 2.24) is 9.88 Å². The first-order valence-corrected chi connectivity index (χ1v) is 7.33. The molecule has 1 aromatic rings. The lowest BCUT2D eigenvalue weighted by Gasteiger charge is -2.31. The Balaban J connectivity index is 1.95. The van der Waals surface area contributed by atoms with Crippen molar-refractivity contribution in [3.8, 4) is 6.07 Å². The van der Waals surface area contributed by atoms with E-state index in [1.54, 1.807) is 17.2 Å². The molecule has 0 radical (unpaired) electrons. The Kier molecular flexibility index (Phi) is 3.20. The van der Waals surface area contributed by atoms with Crippen LogP contribution < -0.4 is 0 Å². The zero-order valence-electron chi connectivity index (χ0n) is 12.5. The molecular weight excluding hydrogens is 288 g/mol. The predicted octanol–water partition coefficient (Wildman–Crippen LogP) is 3.05. The van der Waals surface area contributed by atoms with Gasteiger partial charge in [-0.05, 0) is 37.8 Å². The maximum atomic E-state index is 13.9. The van der Waals surface area contributed by atoms with Crippen molar-refractivity contribution in [2.24, 2.45) is 5.41 Å². The number of carbonyl (C=O) groups is 1. The van der Waals surface area contributed by atoms with Crippen LogP contribution in [0.5, 0.6) is 0 Å². The minimum atomic E-state index is -3.05. The van der Waals surface area contributed by atoms with E-state index in [0.717, 1.165) is 18.9 Å². The molecule has 1 aromatic heterocycles. The van der Waals surface area contributed by atoms with Crippen LogP contribution in [0.3, 0.4) is 0 Å². The standard InChI is InChI=1S/C16H17F2N3O/c1-15(16(2,17)18)6-12-3-4-13(21(12)14(15)22)11-5-10(7-19)8-20-9-11/h5,8-9,12-13H,3-4,6H2,1-2H3/t12-,13-,15+/m1/s1. The summed E-state index contributed by atoms with van der Waals surface area (Å²) in [4.78, 5) is 18.3. The minimum absolute atomic E-state index is 0.154. The Morgan fingerprint density at radius 1 is 1.45 bits per heavy atom. The zero-order valence-corrected chi connectivity index (χ0v) is 12.5. The first-order valence-electron chi connectivity index (χ1n) is 7.33. The number of pyridine rings is 1. The van der Waals surface area contributed by atoms with Crippen LogP contribution in [0.1, 0.15) is 50.3 Å². The molecule has 3 rings (SSSR count). The van der Waals surface area contributed by atoms with Crippen LogP contribution in [0.25, 0.3) is 0 Å². The van der Waals surface area contributed by atoms with Gasteiger partial charge in [0.25, 0.3) is 5.92 Å². The van der Waals surface area contributed by atoms with E-state index in [1.165, 1.54) is 13.1 Å². The van der Waals surface area contributed by atoms with Crippen molar-refractivity contribution in [2.75, 3.05) is 0 Å². The number of nitriles is 1. The lowest BCUT2D eigenvalue weighted by Crippen LogP contribution is -2.44. The molecule has 0 saturated carbocycles. The Morgan fingerprint density at radius 2 is 2.18 bits per heavy atom. The van der Waals surface area contributed by atoms with Gasteiger partial charge in [0.1, 0.15) is 11.5 Å². The molecule has 4 nitrogen and oxygen atoms in total. The summed E-state index contributed by atoms with van der Waals surface area (Å²) >= 11 is 0. The molecule has 116 valence electrons. The van der Waals surface area contributed by atoms with Gasteiger partial charge in [-0.2, -0.15) is 5.26 Å². The highest BCUT2D eigenvalue weighted by Crippen LogP contribution is 2.54. The van der Waals surface area contributed by atoms with Gasteiger partial charge in [0, 0.05) is 25.4 Å². The van der Waals surface area contributed by atoms with Gasteiger partial charge in [-0.3, -0.25) is 9.78 Å². The molecule has 0 aliphatic carbocycles. The highest BCUT2D eigenvalue weighted by atomic mass is 19.3. The van der Waals surface area contributed by atoms with Gasteiger partial charge in [-0.25, -0.2) is 8.78 Å². The average Bonchev–Trinajstić information content (AvgIpc) is 2.98. The number of rotatable bonds is 2. The molecule has 0 spiro atoms. The molecule has 0 N–H and O–H groups in total. The summed E-state index contributed by atoms with van der Waals surface area (Å²) in [5.41, 5.74) is -0.480. The third-order valence-electron chi connectivity index (χ3n) is 5.10. The van der Waals surface area contributed by atoms with Crippen LogP contribution in [-0.4, -0.2) is 27.8 Å². The van der Waals surface area contributed by atoms with Crippen molar-refractivity contribution in [3.05, 3.63) is 29.6 Å². The van der Waals surface area contributed by atoms with Gasteiger partial charge < -0.3 is 4.90 Å². The second kappa shape index (κ2) is 4.73. The second-order valence-corrected chi connectivity index (χ2v) is 6.50. The molecular formula is C16H17F2N3O. The summed E-state index contributed by atoms with van der Waals surface area (Å²) in [6.07, 6.45) is 4.67. The van der Waals surface area contributed by atoms with Gasteiger partial charge in [-0.1, -0.05) is 0 Å². The molecule has 2 aliphatic rings. The lowest BCUT2D eigenvalue weighted by molar-refractivity contribution is -0.156. The molecule has 2 saturated heterocycles. The fourth-order valence-corrected chi connectivity index (χ4v) is 3.63. The first-order chi connectivity index (χ1) is 10.3. The molecule has 3 heterocycles. The van der Waals surface area contributed by atoms with Crippen molar-refractivity contribution in [2.45, 2.75) is 51.1 Å². The van der Waals surface area contributed by atoms with Crippen LogP contribution in [0.2, 0.25) is 0 Å².